The predicted molar refractivity (Wildman–Crippen MR) is 80.5 cm³/mol. The summed E-state index contributed by atoms with van der Waals surface area (Å²) in [4.78, 5) is 0. The van der Waals surface area contributed by atoms with E-state index in [1.807, 2.05) is 0 Å². The molecule has 0 radical (unpaired) electrons. The molecule has 2 heteroatoms. The topological polar surface area (TPSA) is 21.3 Å². The van der Waals surface area contributed by atoms with Gasteiger partial charge in [0, 0.05) is 24.7 Å². The molecule has 0 spiro atoms. The third-order valence-corrected chi connectivity index (χ3v) is 4.20. The predicted octanol–water partition coefficient (Wildman–Crippen LogP) is 3.51. The molecule has 0 aliphatic heterocycles. The van der Waals surface area contributed by atoms with Gasteiger partial charge < -0.3 is 10.1 Å². The van der Waals surface area contributed by atoms with Crippen molar-refractivity contribution in [3.63, 3.8) is 0 Å². The fourth-order valence-corrected chi connectivity index (χ4v) is 2.98. The zero-order valence-corrected chi connectivity index (χ0v) is 12.3. The summed E-state index contributed by atoms with van der Waals surface area (Å²) >= 11 is 0. The smallest absolute Gasteiger partial charge is 0.0481 e. The van der Waals surface area contributed by atoms with Crippen LogP contribution in [0.3, 0.4) is 0 Å². The van der Waals surface area contributed by atoms with Gasteiger partial charge in [-0.25, -0.2) is 0 Å². The van der Waals surface area contributed by atoms with Gasteiger partial charge in [0.1, 0.15) is 0 Å². The van der Waals surface area contributed by atoms with Crippen molar-refractivity contribution in [1.82, 2.24) is 5.32 Å². The van der Waals surface area contributed by atoms with E-state index in [1.54, 1.807) is 0 Å². The van der Waals surface area contributed by atoms with Crippen LogP contribution in [0.2, 0.25) is 0 Å². The number of hydrogen-bond acceptors (Lipinski definition) is 2. The molecular formula is C17H27NO. The van der Waals surface area contributed by atoms with Crippen LogP contribution in [0.15, 0.2) is 30.3 Å². The largest absolute Gasteiger partial charge is 0.382 e. The molecule has 0 saturated heterocycles. The van der Waals surface area contributed by atoms with E-state index in [9.17, 15) is 0 Å². The van der Waals surface area contributed by atoms with E-state index < -0.39 is 0 Å². The zero-order valence-electron chi connectivity index (χ0n) is 12.3. The molecule has 1 aromatic carbocycles. The van der Waals surface area contributed by atoms with Crippen molar-refractivity contribution in [2.24, 2.45) is 0 Å². The lowest BCUT2D eigenvalue weighted by Crippen LogP contribution is -2.41. The molecule has 2 rings (SSSR count). The van der Waals surface area contributed by atoms with Gasteiger partial charge >= 0.3 is 0 Å². The molecule has 19 heavy (non-hydrogen) atoms. The molecule has 1 aliphatic carbocycles. The van der Waals surface area contributed by atoms with E-state index in [-0.39, 0.29) is 0 Å². The maximum Gasteiger partial charge on any atom is 0.0481 e. The van der Waals surface area contributed by atoms with Crippen LogP contribution in [0.25, 0.3) is 0 Å². The summed E-state index contributed by atoms with van der Waals surface area (Å²) < 4.78 is 5.56. The fourth-order valence-electron chi connectivity index (χ4n) is 2.98. The Morgan fingerprint density at radius 3 is 2.53 bits per heavy atom. The molecule has 1 N–H and O–H groups in total. The number of nitrogens with one attached hydrogen (secondary N) is 1. The van der Waals surface area contributed by atoms with Gasteiger partial charge in [0.05, 0.1) is 0 Å². The van der Waals surface area contributed by atoms with Gasteiger partial charge in [0.2, 0.25) is 0 Å². The summed E-state index contributed by atoms with van der Waals surface area (Å²) in [5.41, 5.74) is 1.87. The summed E-state index contributed by atoms with van der Waals surface area (Å²) in [7, 11) is 0. The lowest BCUT2D eigenvalue weighted by atomic mass is 9.86. The average molecular weight is 261 g/mol. The van der Waals surface area contributed by atoms with E-state index in [1.165, 1.54) is 24.8 Å². The Morgan fingerprint density at radius 2 is 1.95 bits per heavy atom. The first-order valence-corrected chi connectivity index (χ1v) is 7.70. The first kappa shape index (κ1) is 14.5. The molecule has 1 unspecified atom stereocenters. The molecule has 1 aromatic rings. The number of benzene rings is 1. The van der Waals surface area contributed by atoms with E-state index in [2.05, 4.69) is 49.5 Å². The molecule has 1 saturated carbocycles. The molecule has 1 fully saturated rings. The van der Waals surface area contributed by atoms with Crippen LogP contribution in [-0.4, -0.2) is 25.8 Å². The molecule has 0 heterocycles. The average Bonchev–Trinajstić information content (AvgIpc) is 3.25. The van der Waals surface area contributed by atoms with Crippen LogP contribution in [0.4, 0.5) is 0 Å². The second kappa shape index (κ2) is 7.06. The van der Waals surface area contributed by atoms with E-state index >= 15 is 0 Å². The first-order chi connectivity index (χ1) is 9.33. The SMILES string of the molecule is CCCNC(CCOCC)C1(c2ccccc2)CC1. The van der Waals surface area contributed by atoms with E-state index in [4.69, 9.17) is 4.74 Å². The first-order valence-electron chi connectivity index (χ1n) is 7.70. The van der Waals surface area contributed by atoms with Crippen LogP contribution >= 0.6 is 0 Å². The Labute approximate surface area is 117 Å². The van der Waals surface area contributed by atoms with Crippen LogP contribution < -0.4 is 5.32 Å². The van der Waals surface area contributed by atoms with Crippen molar-refractivity contribution in [3.05, 3.63) is 35.9 Å². The number of rotatable bonds is 9. The molecule has 0 amide bonds. The van der Waals surface area contributed by atoms with Gasteiger partial charge in [0.15, 0.2) is 0 Å². The highest BCUT2D eigenvalue weighted by atomic mass is 16.5. The van der Waals surface area contributed by atoms with Crippen molar-refractivity contribution < 1.29 is 4.74 Å². The number of ether oxygens (including phenoxy) is 1. The minimum atomic E-state index is 0.369. The zero-order chi connectivity index (χ0) is 13.6. The maximum atomic E-state index is 5.56. The van der Waals surface area contributed by atoms with Crippen LogP contribution in [-0.2, 0) is 10.2 Å². The summed E-state index contributed by atoms with van der Waals surface area (Å²) in [6.45, 7) is 7.09. The minimum Gasteiger partial charge on any atom is -0.382 e. The van der Waals surface area contributed by atoms with Gasteiger partial charge in [-0.15, -0.1) is 0 Å². The monoisotopic (exact) mass is 261 g/mol. The number of hydrogen-bond donors (Lipinski definition) is 1. The summed E-state index contributed by atoms with van der Waals surface area (Å²) in [6.07, 6.45) is 4.92. The summed E-state index contributed by atoms with van der Waals surface area (Å²) in [6, 6.07) is 11.6. The van der Waals surface area contributed by atoms with E-state index in [0.717, 1.165) is 26.2 Å². The molecular weight excluding hydrogens is 234 g/mol. The molecule has 1 atom stereocenters. The van der Waals surface area contributed by atoms with Crippen molar-refractivity contribution >= 4 is 0 Å². The van der Waals surface area contributed by atoms with Gasteiger partial charge in [-0.2, -0.15) is 0 Å². The quantitative estimate of drug-likeness (QED) is 0.687. The fraction of sp³-hybridized carbons (Fsp3) is 0.647. The molecule has 1 aliphatic rings. The lowest BCUT2D eigenvalue weighted by molar-refractivity contribution is 0.131. The van der Waals surface area contributed by atoms with E-state index in [0.29, 0.717) is 11.5 Å². The third kappa shape index (κ3) is 3.58. The highest BCUT2D eigenvalue weighted by molar-refractivity contribution is 5.33. The third-order valence-electron chi connectivity index (χ3n) is 4.20. The Hall–Kier alpha value is -0.860. The van der Waals surface area contributed by atoms with Crippen LogP contribution in [0.1, 0.15) is 45.1 Å². The van der Waals surface area contributed by atoms with Crippen molar-refractivity contribution in [2.45, 2.75) is 51.0 Å². The highest BCUT2D eigenvalue weighted by Gasteiger charge is 2.49. The molecule has 2 nitrogen and oxygen atoms in total. The molecule has 0 bridgehead atoms. The second-order valence-corrected chi connectivity index (χ2v) is 5.51. The summed E-state index contributed by atoms with van der Waals surface area (Å²) in [5.74, 6) is 0. The minimum absolute atomic E-state index is 0.369. The highest BCUT2D eigenvalue weighted by Crippen LogP contribution is 2.51. The van der Waals surface area contributed by atoms with Gasteiger partial charge in [-0.3, -0.25) is 0 Å². The molecule has 0 aromatic heterocycles. The van der Waals surface area contributed by atoms with Gasteiger partial charge in [-0.05, 0) is 44.7 Å². The van der Waals surface area contributed by atoms with Crippen molar-refractivity contribution in [2.75, 3.05) is 19.8 Å². The Bertz CT molecular complexity index is 359. The lowest BCUT2D eigenvalue weighted by Gasteiger charge is -2.28. The van der Waals surface area contributed by atoms with Crippen LogP contribution in [0.5, 0.6) is 0 Å². The molecule has 106 valence electrons. The van der Waals surface area contributed by atoms with Gasteiger partial charge in [0.25, 0.3) is 0 Å². The Balaban J connectivity index is 2.04. The summed E-state index contributed by atoms with van der Waals surface area (Å²) in [5, 5.41) is 3.75. The van der Waals surface area contributed by atoms with Crippen LogP contribution in [0, 0.1) is 0 Å². The normalized spacial score (nSPS) is 18.2. The maximum absolute atomic E-state index is 5.56. The standard InChI is InChI=1S/C17H27NO/c1-3-13-18-16(10-14-19-4-2)17(11-12-17)15-8-6-5-7-9-15/h5-9,16,18H,3-4,10-14H2,1-2H3. The second-order valence-electron chi connectivity index (χ2n) is 5.51. The van der Waals surface area contributed by atoms with Crippen molar-refractivity contribution in [1.29, 1.82) is 0 Å². The Morgan fingerprint density at radius 1 is 1.21 bits per heavy atom. The van der Waals surface area contributed by atoms with Gasteiger partial charge in [-0.1, -0.05) is 37.3 Å². The Kier molecular flexibility index (Phi) is 5.41. The van der Waals surface area contributed by atoms with Crippen molar-refractivity contribution in [3.8, 4) is 0 Å².